The first-order valence-corrected chi connectivity index (χ1v) is 3.79. The van der Waals surface area contributed by atoms with Crippen LogP contribution in [0.4, 0.5) is 23.2 Å². The van der Waals surface area contributed by atoms with Crippen LogP contribution in [0.1, 0.15) is 5.56 Å². The number of rotatable bonds is 2. The normalized spacial score (nSPS) is 11.5. The number of nitro groups is 1. The summed E-state index contributed by atoms with van der Waals surface area (Å²) in [7, 11) is 0. The molecule has 0 radical (unpaired) electrons. The number of benzene rings is 1. The maximum Gasteiger partial charge on any atom is 0.393 e. The van der Waals surface area contributed by atoms with Crippen LogP contribution < -0.4 is 0 Å². The molecule has 3 nitrogen and oxygen atoms in total. The number of hydrogen-bond acceptors (Lipinski definition) is 2. The molecule has 0 bridgehead atoms. The van der Waals surface area contributed by atoms with Gasteiger partial charge in [-0.2, -0.15) is 17.6 Å². The highest BCUT2D eigenvalue weighted by atomic mass is 19.4. The van der Waals surface area contributed by atoms with Gasteiger partial charge in [0.05, 0.1) is 11.3 Å². The van der Waals surface area contributed by atoms with Crippen molar-refractivity contribution in [2.75, 3.05) is 0 Å². The van der Waals surface area contributed by atoms with Crippen LogP contribution in [0.15, 0.2) is 18.2 Å². The van der Waals surface area contributed by atoms with Crippen molar-refractivity contribution in [2.45, 2.75) is 12.6 Å². The molecule has 0 N–H and O–H groups in total. The predicted molar refractivity (Wildman–Crippen MR) is 42.8 cm³/mol. The van der Waals surface area contributed by atoms with Gasteiger partial charge < -0.3 is 0 Å². The third-order valence-corrected chi connectivity index (χ3v) is 1.61. The number of halogens is 4. The van der Waals surface area contributed by atoms with Crippen molar-refractivity contribution in [2.24, 2.45) is 0 Å². The van der Waals surface area contributed by atoms with Crippen LogP contribution in [0.3, 0.4) is 0 Å². The highest BCUT2D eigenvalue weighted by Crippen LogP contribution is 2.24. The molecule has 15 heavy (non-hydrogen) atoms. The van der Waals surface area contributed by atoms with Gasteiger partial charge in [-0.1, -0.05) is 6.07 Å². The number of nitrogens with zero attached hydrogens (tertiary/aromatic N) is 1. The van der Waals surface area contributed by atoms with E-state index in [0.717, 1.165) is 12.1 Å². The average Bonchev–Trinajstić information content (AvgIpc) is 1.99. The first-order valence-electron chi connectivity index (χ1n) is 3.79. The second-order valence-corrected chi connectivity index (χ2v) is 2.83. The highest BCUT2D eigenvalue weighted by molar-refractivity contribution is 5.35. The zero-order valence-electron chi connectivity index (χ0n) is 7.21. The van der Waals surface area contributed by atoms with Gasteiger partial charge in [-0.05, 0) is 11.6 Å². The molecular weight excluding hydrogens is 218 g/mol. The Balaban J connectivity index is 2.97. The largest absolute Gasteiger partial charge is 0.393 e. The first kappa shape index (κ1) is 11.4. The Labute approximate surface area is 81.5 Å². The minimum Gasteiger partial charge on any atom is -0.258 e. The van der Waals surface area contributed by atoms with Crippen LogP contribution in [0.5, 0.6) is 0 Å². The van der Waals surface area contributed by atoms with Crippen molar-refractivity contribution in [3.05, 3.63) is 39.7 Å². The zero-order valence-corrected chi connectivity index (χ0v) is 7.21. The van der Waals surface area contributed by atoms with E-state index in [9.17, 15) is 27.7 Å². The van der Waals surface area contributed by atoms with Gasteiger partial charge in [-0.25, -0.2) is 0 Å². The van der Waals surface area contributed by atoms with Crippen molar-refractivity contribution < 1.29 is 22.5 Å². The summed E-state index contributed by atoms with van der Waals surface area (Å²) in [4.78, 5) is 9.17. The fourth-order valence-electron chi connectivity index (χ4n) is 1.04. The molecule has 0 saturated heterocycles. The fourth-order valence-corrected chi connectivity index (χ4v) is 1.04. The average molecular weight is 223 g/mol. The van der Waals surface area contributed by atoms with E-state index in [1.165, 1.54) is 0 Å². The summed E-state index contributed by atoms with van der Waals surface area (Å²) in [5.74, 6) is -1.26. The van der Waals surface area contributed by atoms with E-state index in [1.807, 2.05) is 0 Å². The number of alkyl halides is 3. The summed E-state index contributed by atoms with van der Waals surface area (Å²) in [5, 5.41) is 10.2. The van der Waals surface area contributed by atoms with Gasteiger partial charge in [0.25, 0.3) is 0 Å². The van der Waals surface area contributed by atoms with Crippen LogP contribution in [-0.2, 0) is 6.42 Å². The lowest BCUT2D eigenvalue weighted by molar-refractivity contribution is -0.387. The van der Waals surface area contributed by atoms with Crippen molar-refractivity contribution in [3.63, 3.8) is 0 Å². The minimum atomic E-state index is -4.46. The standard InChI is InChI=1S/C8H5F4NO2/c9-6-3-5(4-8(10,11)12)1-2-7(6)13(14)15/h1-3H,4H2. The summed E-state index contributed by atoms with van der Waals surface area (Å²) in [6.45, 7) is 0. The molecule has 7 heteroatoms. The van der Waals surface area contributed by atoms with Gasteiger partial charge in [-0.3, -0.25) is 10.1 Å². The summed E-state index contributed by atoms with van der Waals surface area (Å²) < 4.78 is 48.5. The van der Waals surface area contributed by atoms with Gasteiger partial charge in [-0.15, -0.1) is 0 Å². The van der Waals surface area contributed by atoms with Crippen molar-refractivity contribution in [1.82, 2.24) is 0 Å². The quantitative estimate of drug-likeness (QED) is 0.439. The summed E-state index contributed by atoms with van der Waals surface area (Å²) in [6, 6.07) is 2.12. The molecule has 0 unspecified atom stereocenters. The van der Waals surface area contributed by atoms with Crippen LogP contribution in [0.2, 0.25) is 0 Å². The molecule has 1 rings (SSSR count). The molecule has 0 saturated carbocycles. The Morgan fingerprint density at radius 2 is 1.93 bits per heavy atom. The maximum absolute atomic E-state index is 12.9. The second kappa shape index (κ2) is 3.84. The Morgan fingerprint density at radius 1 is 1.33 bits per heavy atom. The molecule has 0 aliphatic rings. The SMILES string of the molecule is O=[N+]([O-])c1ccc(CC(F)(F)F)cc1F. The lowest BCUT2D eigenvalue weighted by Crippen LogP contribution is -2.11. The van der Waals surface area contributed by atoms with Crippen LogP contribution in [0.25, 0.3) is 0 Å². The molecular formula is C8H5F4NO2. The molecule has 1 aromatic rings. The Bertz CT molecular complexity index is 389. The molecule has 0 aliphatic heterocycles. The molecule has 0 atom stereocenters. The van der Waals surface area contributed by atoms with E-state index in [0.29, 0.717) is 6.07 Å². The summed E-state index contributed by atoms with van der Waals surface area (Å²) in [6.07, 6.45) is -5.76. The molecule has 0 aromatic heterocycles. The first-order chi connectivity index (χ1) is 6.79. The molecule has 0 heterocycles. The zero-order chi connectivity index (χ0) is 11.6. The molecule has 0 amide bonds. The highest BCUT2D eigenvalue weighted by Gasteiger charge is 2.28. The summed E-state index contributed by atoms with van der Waals surface area (Å²) in [5.41, 5.74) is -1.17. The summed E-state index contributed by atoms with van der Waals surface area (Å²) >= 11 is 0. The number of hydrogen-bond donors (Lipinski definition) is 0. The van der Waals surface area contributed by atoms with Gasteiger partial charge in [0.15, 0.2) is 0 Å². The van der Waals surface area contributed by atoms with E-state index in [2.05, 4.69) is 0 Å². The van der Waals surface area contributed by atoms with E-state index in [4.69, 9.17) is 0 Å². The topological polar surface area (TPSA) is 43.1 Å². The Morgan fingerprint density at radius 3 is 2.33 bits per heavy atom. The third-order valence-electron chi connectivity index (χ3n) is 1.61. The lowest BCUT2D eigenvalue weighted by Gasteiger charge is -2.05. The van der Waals surface area contributed by atoms with E-state index in [1.54, 1.807) is 0 Å². The second-order valence-electron chi connectivity index (χ2n) is 2.83. The molecule has 0 spiro atoms. The minimum absolute atomic E-state index is 0.342. The van der Waals surface area contributed by atoms with E-state index >= 15 is 0 Å². The lowest BCUT2D eigenvalue weighted by atomic mass is 10.1. The molecule has 82 valence electrons. The van der Waals surface area contributed by atoms with Crippen LogP contribution in [0, 0.1) is 15.9 Å². The van der Waals surface area contributed by atoms with E-state index < -0.39 is 29.0 Å². The Kier molecular flexibility index (Phi) is 2.92. The Hall–Kier alpha value is -1.66. The van der Waals surface area contributed by atoms with Gasteiger partial charge in [0.1, 0.15) is 0 Å². The van der Waals surface area contributed by atoms with Crippen molar-refractivity contribution in [1.29, 1.82) is 0 Å². The molecule has 0 fully saturated rings. The van der Waals surface area contributed by atoms with Gasteiger partial charge in [0, 0.05) is 6.07 Å². The molecule has 0 aliphatic carbocycles. The van der Waals surface area contributed by atoms with Gasteiger partial charge >= 0.3 is 11.9 Å². The molecule has 1 aromatic carbocycles. The van der Waals surface area contributed by atoms with E-state index in [-0.39, 0.29) is 5.56 Å². The third kappa shape index (κ3) is 3.19. The fraction of sp³-hybridized carbons (Fsp3) is 0.250. The monoisotopic (exact) mass is 223 g/mol. The smallest absolute Gasteiger partial charge is 0.258 e. The van der Waals surface area contributed by atoms with Gasteiger partial charge in [0.2, 0.25) is 5.82 Å². The predicted octanol–water partition coefficient (Wildman–Crippen LogP) is 2.84. The number of nitro benzene ring substituents is 1. The maximum atomic E-state index is 12.9. The van der Waals surface area contributed by atoms with Crippen LogP contribution in [-0.4, -0.2) is 11.1 Å². The van der Waals surface area contributed by atoms with Crippen LogP contribution >= 0.6 is 0 Å². The van der Waals surface area contributed by atoms with Crippen molar-refractivity contribution in [3.8, 4) is 0 Å². The van der Waals surface area contributed by atoms with Crippen molar-refractivity contribution >= 4 is 5.69 Å².